The van der Waals surface area contributed by atoms with Gasteiger partial charge >= 0.3 is 11.6 Å². The molecule has 0 amide bonds. The van der Waals surface area contributed by atoms with Crippen molar-refractivity contribution in [3.05, 3.63) is 10.1 Å². The molecule has 0 atom stereocenters. The normalized spacial score (nSPS) is 15.5. The molecule has 0 aromatic carbocycles. The number of methoxy groups -OCH3 is 1. The molecule has 0 aliphatic carbocycles. The lowest BCUT2D eigenvalue weighted by Crippen LogP contribution is -2.37. The van der Waals surface area contributed by atoms with E-state index in [-0.39, 0.29) is 11.7 Å². The van der Waals surface area contributed by atoms with Crippen molar-refractivity contribution in [2.75, 3.05) is 44.0 Å². The number of hydrogen-bond acceptors (Lipinski definition) is 8. The molecule has 9 nitrogen and oxygen atoms in total. The highest BCUT2D eigenvalue weighted by atomic mass is 16.6. The fourth-order valence-electron chi connectivity index (χ4n) is 1.66. The van der Waals surface area contributed by atoms with Gasteiger partial charge in [0.15, 0.2) is 0 Å². The Balaban J connectivity index is 2.38. The summed E-state index contributed by atoms with van der Waals surface area (Å²) in [6.45, 7) is 2.34. The zero-order valence-corrected chi connectivity index (χ0v) is 9.83. The van der Waals surface area contributed by atoms with Gasteiger partial charge in [-0.2, -0.15) is 9.97 Å². The zero-order chi connectivity index (χ0) is 13.1. The van der Waals surface area contributed by atoms with Gasteiger partial charge in [0.2, 0.25) is 11.8 Å². The predicted molar refractivity (Wildman–Crippen MR) is 62.7 cm³/mol. The molecule has 2 heterocycles. The van der Waals surface area contributed by atoms with Crippen LogP contribution in [0.5, 0.6) is 5.88 Å². The van der Waals surface area contributed by atoms with Gasteiger partial charge in [0, 0.05) is 13.1 Å². The van der Waals surface area contributed by atoms with E-state index in [2.05, 4.69) is 9.97 Å². The average molecular weight is 255 g/mol. The summed E-state index contributed by atoms with van der Waals surface area (Å²) in [5.74, 6) is -0.0133. The Kier molecular flexibility index (Phi) is 3.42. The molecule has 1 aliphatic heterocycles. The molecule has 0 saturated carbocycles. The van der Waals surface area contributed by atoms with Crippen LogP contribution in [0.4, 0.5) is 17.5 Å². The molecule has 1 aromatic heterocycles. The Bertz CT molecular complexity index is 461. The number of nitrogen functional groups attached to an aromatic ring is 1. The fourth-order valence-corrected chi connectivity index (χ4v) is 1.66. The third-order valence-corrected chi connectivity index (χ3v) is 2.54. The number of nitrogens with two attached hydrogens (primary N) is 1. The van der Waals surface area contributed by atoms with Gasteiger partial charge in [-0.25, -0.2) is 0 Å². The van der Waals surface area contributed by atoms with E-state index in [1.807, 2.05) is 4.90 Å². The SMILES string of the molecule is COc1nc(N2CCOCC2)nc(N)c1[N+](=O)[O-]. The van der Waals surface area contributed by atoms with E-state index in [9.17, 15) is 10.1 Å². The van der Waals surface area contributed by atoms with Gasteiger partial charge in [-0.15, -0.1) is 0 Å². The first-order chi connectivity index (χ1) is 8.63. The highest BCUT2D eigenvalue weighted by Crippen LogP contribution is 2.31. The van der Waals surface area contributed by atoms with Crippen molar-refractivity contribution in [3.8, 4) is 5.88 Å². The van der Waals surface area contributed by atoms with Gasteiger partial charge in [-0.3, -0.25) is 10.1 Å². The molecule has 1 aromatic rings. The third kappa shape index (κ3) is 2.25. The van der Waals surface area contributed by atoms with Crippen LogP contribution in [-0.4, -0.2) is 48.3 Å². The van der Waals surface area contributed by atoms with Crippen LogP contribution in [0, 0.1) is 10.1 Å². The van der Waals surface area contributed by atoms with Crippen molar-refractivity contribution >= 4 is 17.5 Å². The second-order valence-corrected chi connectivity index (χ2v) is 3.62. The highest BCUT2D eigenvalue weighted by Gasteiger charge is 2.26. The van der Waals surface area contributed by atoms with Gasteiger partial charge in [-0.05, 0) is 0 Å². The van der Waals surface area contributed by atoms with E-state index in [1.165, 1.54) is 7.11 Å². The fraction of sp³-hybridized carbons (Fsp3) is 0.556. The summed E-state index contributed by atoms with van der Waals surface area (Å²) in [6, 6.07) is 0. The van der Waals surface area contributed by atoms with Crippen LogP contribution in [0.2, 0.25) is 0 Å². The van der Waals surface area contributed by atoms with Gasteiger partial charge < -0.3 is 20.1 Å². The average Bonchev–Trinajstić information content (AvgIpc) is 2.38. The van der Waals surface area contributed by atoms with Crippen LogP contribution in [0.1, 0.15) is 0 Å². The largest absolute Gasteiger partial charge is 0.476 e. The lowest BCUT2D eigenvalue weighted by Gasteiger charge is -2.26. The maximum Gasteiger partial charge on any atom is 0.372 e. The van der Waals surface area contributed by atoms with Crippen molar-refractivity contribution in [1.29, 1.82) is 0 Å². The topological polar surface area (TPSA) is 117 Å². The number of hydrogen-bond donors (Lipinski definition) is 1. The van der Waals surface area contributed by atoms with Gasteiger partial charge in [-0.1, -0.05) is 0 Å². The second-order valence-electron chi connectivity index (χ2n) is 3.62. The summed E-state index contributed by atoms with van der Waals surface area (Å²) in [5, 5.41) is 10.8. The maximum atomic E-state index is 10.8. The first kappa shape index (κ1) is 12.3. The Morgan fingerprint density at radius 2 is 2.11 bits per heavy atom. The molecule has 18 heavy (non-hydrogen) atoms. The third-order valence-electron chi connectivity index (χ3n) is 2.54. The lowest BCUT2D eigenvalue weighted by molar-refractivity contribution is -0.385. The molecule has 0 bridgehead atoms. The summed E-state index contributed by atoms with van der Waals surface area (Å²) < 4.78 is 10.1. The summed E-state index contributed by atoms with van der Waals surface area (Å²) in [5.41, 5.74) is 5.17. The number of ether oxygens (including phenoxy) is 2. The van der Waals surface area contributed by atoms with Crippen molar-refractivity contribution < 1.29 is 14.4 Å². The molecule has 0 unspecified atom stereocenters. The maximum absolute atomic E-state index is 10.8. The molecule has 2 rings (SSSR count). The summed E-state index contributed by atoms with van der Waals surface area (Å²) >= 11 is 0. The first-order valence-electron chi connectivity index (χ1n) is 5.32. The first-order valence-corrected chi connectivity index (χ1v) is 5.32. The van der Waals surface area contributed by atoms with E-state index in [1.54, 1.807) is 0 Å². The number of nitro groups is 1. The number of morpholine rings is 1. The number of aromatic nitrogens is 2. The molecule has 1 fully saturated rings. The Hall–Kier alpha value is -2.16. The van der Waals surface area contributed by atoms with Gasteiger partial charge in [0.25, 0.3) is 0 Å². The van der Waals surface area contributed by atoms with Crippen LogP contribution < -0.4 is 15.4 Å². The van der Waals surface area contributed by atoms with Crippen molar-refractivity contribution in [1.82, 2.24) is 9.97 Å². The van der Waals surface area contributed by atoms with E-state index in [0.717, 1.165) is 0 Å². The second kappa shape index (κ2) is 5.00. The summed E-state index contributed by atoms with van der Waals surface area (Å²) in [6.07, 6.45) is 0. The lowest BCUT2D eigenvalue weighted by atomic mass is 10.4. The summed E-state index contributed by atoms with van der Waals surface area (Å²) in [7, 11) is 1.30. The van der Waals surface area contributed by atoms with E-state index < -0.39 is 10.6 Å². The minimum Gasteiger partial charge on any atom is -0.476 e. The minimum absolute atomic E-state index is 0.131. The Morgan fingerprint density at radius 3 is 2.67 bits per heavy atom. The van der Waals surface area contributed by atoms with Crippen LogP contribution >= 0.6 is 0 Å². The number of rotatable bonds is 3. The van der Waals surface area contributed by atoms with Crippen molar-refractivity contribution in [3.63, 3.8) is 0 Å². The van der Waals surface area contributed by atoms with Crippen LogP contribution in [0.15, 0.2) is 0 Å². The van der Waals surface area contributed by atoms with Crippen LogP contribution in [0.25, 0.3) is 0 Å². The molecule has 2 N–H and O–H groups in total. The van der Waals surface area contributed by atoms with Gasteiger partial charge in [0.05, 0.1) is 25.2 Å². The zero-order valence-electron chi connectivity index (χ0n) is 9.83. The molecule has 98 valence electrons. The molecule has 0 spiro atoms. The van der Waals surface area contributed by atoms with Crippen LogP contribution in [0.3, 0.4) is 0 Å². The molecule has 1 aliphatic rings. The van der Waals surface area contributed by atoms with Crippen molar-refractivity contribution in [2.24, 2.45) is 0 Å². The van der Waals surface area contributed by atoms with E-state index in [4.69, 9.17) is 15.2 Å². The monoisotopic (exact) mass is 255 g/mol. The quantitative estimate of drug-likeness (QED) is 0.583. The molecule has 9 heteroatoms. The standard InChI is InChI=1S/C9H13N5O4/c1-17-8-6(14(15)16)7(10)11-9(12-8)13-2-4-18-5-3-13/h2-5H2,1H3,(H2,10,11,12). The van der Waals surface area contributed by atoms with Gasteiger partial charge in [0.1, 0.15) is 0 Å². The highest BCUT2D eigenvalue weighted by molar-refractivity contribution is 5.61. The Labute approximate surface area is 103 Å². The molecular weight excluding hydrogens is 242 g/mol. The molecular formula is C9H13N5O4. The summed E-state index contributed by atoms with van der Waals surface area (Å²) in [4.78, 5) is 20.0. The number of nitrogens with zero attached hydrogens (tertiary/aromatic N) is 4. The van der Waals surface area contributed by atoms with E-state index >= 15 is 0 Å². The molecule has 0 radical (unpaired) electrons. The predicted octanol–water partition coefficient (Wildman–Crippen LogP) is -0.188. The smallest absolute Gasteiger partial charge is 0.372 e. The number of anilines is 2. The van der Waals surface area contributed by atoms with Crippen molar-refractivity contribution in [2.45, 2.75) is 0 Å². The van der Waals surface area contributed by atoms with E-state index in [0.29, 0.717) is 32.3 Å². The molecule has 1 saturated heterocycles. The minimum atomic E-state index is -0.655. The van der Waals surface area contributed by atoms with Crippen LogP contribution in [-0.2, 0) is 4.74 Å². The Morgan fingerprint density at radius 1 is 1.44 bits per heavy atom.